The number of aryl methyl sites for hydroxylation is 2. The third-order valence-electron chi connectivity index (χ3n) is 6.01. The highest BCUT2D eigenvalue weighted by molar-refractivity contribution is 5.80. The van der Waals surface area contributed by atoms with Crippen LogP contribution in [0.1, 0.15) is 36.3 Å². The molecule has 3 saturated heterocycles. The van der Waals surface area contributed by atoms with Gasteiger partial charge in [0.15, 0.2) is 0 Å². The fraction of sp³-hybridized carbons (Fsp3) is 0.545. The maximum Gasteiger partial charge on any atom is 0.227 e. The maximum atomic E-state index is 13.0. The number of fused-ring (bicyclic) bond motifs is 4. The van der Waals surface area contributed by atoms with Crippen molar-refractivity contribution in [3.8, 4) is 5.75 Å². The van der Waals surface area contributed by atoms with Gasteiger partial charge in [-0.2, -0.15) is 0 Å². The first-order valence-electron chi connectivity index (χ1n) is 10.2. The zero-order chi connectivity index (χ0) is 19.5. The first kappa shape index (κ1) is 19.0. The van der Waals surface area contributed by atoms with Crippen LogP contribution in [0.2, 0.25) is 0 Å². The van der Waals surface area contributed by atoms with Gasteiger partial charge in [-0.1, -0.05) is 23.4 Å². The standard InChI is InChI=1S/C22H29N3O3/c1-16-21(17(2)28-23-16)15-25-19-10-9-18(22(25)26)13-24(14-19)11-6-12-27-20-7-4-3-5-8-20/h3-5,7-8,18-19H,6,9-15H2,1-2H3/t18-,19+/m0/s1. The molecule has 1 aromatic heterocycles. The van der Waals surface area contributed by atoms with Gasteiger partial charge in [0.05, 0.1) is 24.8 Å². The van der Waals surface area contributed by atoms with Crippen molar-refractivity contribution in [1.82, 2.24) is 15.0 Å². The molecule has 4 heterocycles. The van der Waals surface area contributed by atoms with E-state index in [1.807, 2.05) is 44.2 Å². The van der Waals surface area contributed by atoms with Crippen molar-refractivity contribution in [2.75, 3.05) is 26.2 Å². The minimum atomic E-state index is 0.106. The maximum absolute atomic E-state index is 13.0. The van der Waals surface area contributed by atoms with Crippen molar-refractivity contribution in [3.63, 3.8) is 0 Å². The molecule has 3 aliphatic heterocycles. The number of carbonyl (C=O) groups excluding carboxylic acids is 1. The number of para-hydroxylation sites is 1. The second-order valence-electron chi connectivity index (χ2n) is 7.97. The van der Waals surface area contributed by atoms with Crippen LogP contribution in [0.5, 0.6) is 5.75 Å². The van der Waals surface area contributed by atoms with Crippen LogP contribution in [0.3, 0.4) is 0 Å². The second kappa shape index (κ2) is 8.35. The van der Waals surface area contributed by atoms with Crippen LogP contribution in [0.4, 0.5) is 0 Å². The quantitative estimate of drug-likeness (QED) is 0.688. The number of piperidine rings is 1. The molecule has 2 bridgehead atoms. The van der Waals surface area contributed by atoms with Crippen molar-refractivity contribution in [3.05, 3.63) is 47.3 Å². The summed E-state index contributed by atoms with van der Waals surface area (Å²) in [7, 11) is 0. The third kappa shape index (κ3) is 4.07. The van der Waals surface area contributed by atoms with E-state index in [0.717, 1.165) is 61.7 Å². The van der Waals surface area contributed by atoms with E-state index in [0.29, 0.717) is 19.1 Å². The lowest BCUT2D eigenvalue weighted by molar-refractivity contribution is -0.140. The van der Waals surface area contributed by atoms with Crippen molar-refractivity contribution in [2.24, 2.45) is 5.92 Å². The molecular formula is C22H29N3O3. The van der Waals surface area contributed by atoms with Gasteiger partial charge < -0.3 is 19.1 Å². The molecule has 0 spiro atoms. The summed E-state index contributed by atoms with van der Waals surface area (Å²) in [6.07, 6.45) is 3.04. The lowest BCUT2D eigenvalue weighted by Crippen LogP contribution is -2.47. The first-order valence-corrected chi connectivity index (χ1v) is 10.2. The number of benzene rings is 1. The Hall–Kier alpha value is -2.34. The number of aromatic nitrogens is 1. The summed E-state index contributed by atoms with van der Waals surface area (Å²) in [6.45, 7) is 7.96. The lowest BCUT2D eigenvalue weighted by Gasteiger charge is -2.36. The largest absolute Gasteiger partial charge is 0.494 e. The zero-order valence-corrected chi connectivity index (χ0v) is 16.8. The zero-order valence-electron chi connectivity index (χ0n) is 16.8. The molecule has 5 rings (SSSR count). The molecule has 2 atom stereocenters. The molecule has 0 unspecified atom stereocenters. The summed E-state index contributed by atoms with van der Waals surface area (Å²) < 4.78 is 11.1. The number of hydrogen-bond donors (Lipinski definition) is 0. The van der Waals surface area contributed by atoms with Gasteiger partial charge >= 0.3 is 0 Å². The van der Waals surface area contributed by atoms with Crippen LogP contribution >= 0.6 is 0 Å². The molecule has 28 heavy (non-hydrogen) atoms. The summed E-state index contributed by atoms with van der Waals surface area (Å²) in [6, 6.07) is 10.2. The van der Waals surface area contributed by atoms with E-state index < -0.39 is 0 Å². The Morgan fingerprint density at radius 3 is 2.75 bits per heavy atom. The average Bonchev–Trinajstić information content (AvgIpc) is 2.87. The minimum absolute atomic E-state index is 0.106. The molecule has 2 aromatic rings. The highest BCUT2D eigenvalue weighted by Crippen LogP contribution is 2.31. The normalized spacial score (nSPS) is 22.5. The smallest absolute Gasteiger partial charge is 0.227 e. The van der Waals surface area contributed by atoms with Crippen molar-refractivity contribution in [1.29, 1.82) is 0 Å². The van der Waals surface area contributed by atoms with Crippen LogP contribution in [0.15, 0.2) is 34.9 Å². The number of amides is 1. The molecule has 0 radical (unpaired) electrons. The first-order chi connectivity index (χ1) is 13.6. The average molecular weight is 383 g/mol. The van der Waals surface area contributed by atoms with Gasteiger partial charge in [0.1, 0.15) is 11.5 Å². The van der Waals surface area contributed by atoms with Crippen LogP contribution in [0.25, 0.3) is 0 Å². The van der Waals surface area contributed by atoms with E-state index >= 15 is 0 Å². The fourth-order valence-corrected chi connectivity index (χ4v) is 4.41. The number of nitrogens with zero attached hydrogens (tertiary/aromatic N) is 3. The van der Waals surface area contributed by atoms with E-state index in [1.165, 1.54) is 0 Å². The summed E-state index contributed by atoms with van der Waals surface area (Å²) in [4.78, 5) is 17.6. The highest BCUT2D eigenvalue weighted by Gasteiger charge is 2.40. The number of rotatable bonds is 7. The van der Waals surface area contributed by atoms with E-state index in [4.69, 9.17) is 9.26 Å². The van der Waals surface area contributed by atoms with E-state index in [2.05, 4.69) is 15.0 Å². The Labute approximate surface area is 166 Å². The molecule has 3 aliphatic rings. The van der Waals surface area contributed by atoms with Crippen molar-refractivity contribution < 1.29 is 14.1 Å². The van der Waals surface area contributed by atoms with E-state index in [9.17, 15) is 4.79 Å². The fourth-order valence-electron chi connectivity index (χ4n) is 4.41. The second-order valence-corrected chi connectivity index (χ2v) is 7.97. The Kier molecular flexibility index (Phi) is 5.67. The van der Waals surface area contributed by atoms with Gasteiger partial charge in [-0.25, -0.2) is 0 Å². The van der Waals surface area contributed by atoms with Crippen LogP contribution in [-0.2, 0) is 11.3 Å². The number of carbonyl (C=O) groups is 1. The topological polar surface area (TPSA) is 58.8 Å². The Morgan fingerprint density at radius 1 is 1.18 bits per heavy atom. The molecule has 0 aliphatic carbocycles. The SMILES string of the molecule is Cc1noc(C)c1CN1C(=O)[C@H]2CC[C@@H]1CN(CCCOc1ccccc1)C2. The van der Waals surface area contributed by atoms with Gasteiger partial charge in [0.25, 0.3) is 0 Å². The highest BCUT2D eigenvalue weighted by atomic mass is 16.5. The van der Waals surface area contributed by atoms with Crippen LogP contribution in [0, 0.1) is 19.8 Å². The van der Waals surface area contributed by atoms with Gasteiger partial charge in [-0.3, -0.25) is 4.79 Å². The van der Waals surface area contributed by atoms with Gasteiger partial charge in [-0.15, -0.1) is 0 Å². The number of hydrogen-bond acceptors (Lipinski definition) is 5. The Balaban J connectivity index is 1.34. The lowest BCUT2D eigenvalue weighted by atomic mass is 9.93. The molecule has 0 N–H and O–H groups in total. The predicted octanol–water partition coefficient (Wildman–Crippen LogP) is 3.18. The Morgan fingerprint density at radius 2 is 2.00 bits per heavy atom. The molecule has 6 nitrogen and oxygen atoms in total. The summed E-state index contributed by atoms with van der Waals surface area (Å²) in [5.41, 5.74) is 1.95. The third-order valence-corrected chi connectivity index (χ3v) is 6.01. The van der Waals surface area contributed by atoms with Crippen LogP contribution < -0.4 is 4.74 Å². The van der Waals surface area contributed by atoms with Crippen molar-refractivity contribution >= 4 is 5.91 Å². The van der Waals surface area contributed by atoms with Crippen molar-refractivity contribution in [2.45, 2.75) is 45.7 Å². The predicted molar refractivity (Wildman–Crippen MR) is 106 cm³/mol. The van der Waals surface area contributed by atoms with Gasteiger partial charge in [-0.05, 0) is 45.2 Å². The monoisotopic (exact) mass is 383 g/mol. The molecule has 150 valence electrons. The van der Waals surface area contributed by atoms with E-state index in [1.54, 1.807) is 0 Å². The van der Waals surface area contributed by atoms with Gasteiger partial charge in [0, 0.05) is 31.2 Å². The molecule has 0 saturated carbocycles. The molecule has 1 aromatic carbocycles. The molecule has 6 heteroatoms. The summed E-state index contributed by atoms with van der Waals surface area (Å²) in [5.74, 6) is 2.13. The Bertz CT molecular complexity index is 785. The van der Waals surface area contributed by atoms with Gasteiger partial charge in [0.2, 0.25) is 5.91 Å². The number of ether oxygens (including phenoxy) is 1. The molecule has 1 amide bonds. The van der Waals surface area contributed by atoms with E-state index in [-0.39, 0.29) is 12.0 Å². The summed E-state index contributed by atoms with van der Waals surface area (Å²) in [5, 5.41) is 4.04. The molecule has 3 fully saturated rings. The molecular weight excluding hydrogens is 354 g/mol. The summed E-state index contributed by atoms with van der Waals surface area (Å²) >= 11 is 0. The van der Waals surface area contributed by atoms with Crippen LogP contribution in [-0.4, -0.2) is 53.1 Å². The minimum Gasteiger partial charge on any atom is -0.494 e.